The molecule has 4 bridgehead atoms. The molecule has 0 aromatic rings. The highest BCUT2D eigenvalue weighted by Gasteiger charge is 2.59. The first kappa shape index (κ1) is 12.0. The van der Waals surface area contributed by atoms with Gasteiger partial charge in [-0.25, -0.2) is 0 Å². The van der Waals surface area contributed by atoms with Gasteiger partial charge in [0.1, 0.15) is 0 Å². The molecule has 4 aliphatic rings. The highest BCUT2D eigenvalue weighted by atomic mass is 16.3. The van der Waals surface area contributed by atoms with Crippen LogP contribution < -0.4 is 0 Å². The Morgan fingerprint density at radius 3 is 1.94 bits per heavy atom. The van der Waals surface area contributed by atoms with Crippen molar-refractivity contribution in [3.8, 4) is 0 Å². The summed E-state index contributed by atoms with van der Waals surface area (Å²) in [6.07, 6.45) is 9.78. The summed E-state index contributed by atoms with van der Waals surface area (Å²) in [6, 6.07) is 0. The minimum Gasteiger partial charge on any atom is -0.390 e. The molecule has 0 atom stereocenters. The zero-order chi connectivity index (χ0) is 12.1. The van der Waals surface area contributed by atoms with Crippen LogP contribution in [0.2, 0.25) is 0 Å². The van der Waals surface area contributed by atoms with Crippen molar-refractivity contribution in [3.63, 3.8) is 0 Å². The van der Waals surface area contributed by atoms with Crippen molar-refractivity contribution in [2.24, 2.45) is 17.8 Å². The Balaban J connectivity index is 1.70. The molecule has 4 rings (SSSR count). The van der Waals surface area contributed by atoms with Crippen LogP contribution in [-0.2, 0) is 0 Å². The Bertz CT molecular complexity index is 263. The first-order valence-corrected chi connectivity index (χ1v) is 7.48. The average molecular weight is 238 g/mol. The van der Waals surface area contributed by atoms with Crippen molar-refractivity contribution in [1.29, 1.82) is 0 Å². The van der Waals surface area contributed by atoms with E-state index in [0.717, 1.165) is 31.6 Å². The van der Waals surface area contributed by atoms with Crippen LogP contribution in [0.5, 0.6) is 0 Å². The molecule has 4 saturated carbocycles. The summed E-state index contributed by atoms with van der Waals surface area (Å²) >= 11 is 0. The average Bonchev–Trinajstić information content (AvgIpc) is 2.18. The van der Waals surface area contributed by atoms with E-state index in [4.69, 9.17) is 0 Å². The van der Waals surface area contributed by atoms with Crippen LogP contribution >= 0.6 is 0 Å². The summed E-state index contributed by atoms with van der Waals surface area (Å²) in [6.45, 7) is 2.25. The van der Waals surface area contributed by atoms with E-state index >= 15 is 0 Å². The highest BCUT2D eigenvalue weighted by molar-refractivity contribution is 5.11. The largest absolute Gasteiger partial charge is 0.390 e. The fourth-order valence-electron chi connectivity index (χ4n) is 5.26. The first-order valence-electron chi connectivity index (χ1n) is 7.48. The van der Waals surface area contributed by atoms with E-state index in [1.54, 1.807) is 0 Å². The molecule has 4 fully saturated rings. The van der Waals surface area contributed by atoms with Gasteiger partial charge in [-0.3, -0.25) is 0 Å². The molecule has 0 heterocycles. The van der Waals surface area contributed by atoms with Gasteiger partial charge < -0.3 is 10.2 Å². The first-order chi connectivity index (χ1) is 8.04. The van der Waals surface area contributed by atoms with E-state index in [1.165, 1.54) is 25.7 Å². The smallest absolute Gasteiger partial charge is 0.0680 e. The van der Waals surface area contributed by atoms with E-state index < -0.39 is 11.2 Å². The zero-order valence-corrected chi connectivity index (χ0v) is 11.0. The van der Waals surface area contributed by atoms with E-state index in [2.05, 4.69) is 6.92 Å². The maximum absolute atomic E-state index is 10.5. The highest BCUT2D eigenvalue weighted by Crippen LogP contribution is 2.60. The molecule has 0 spiro atoms. The standard InChI is InChI=1S/C15H26O2/c1-2-3-4-5-13-11-6-14(16)8-12(13)9-15(17,7-11)10-14/h11-13,16-17H,2-10H2,1H3. The monoisotopic (exact) mass is 238 g/mol. The second kappa shape index (κ2) is 3.96. The summed E-state index contributed by atoms with van der Waals surface area (Å²) in [5, 5.41) is 21.0. The quantitative estimate of drug-likeness (QED) is 0.739. The molecule has 0 amide bonds. The molecule has 17 heavy (non-hydrogen) atoms. The third-order valence-electron chi connectivity index (χ3n) is 5.58. The van der Waals surface area contributed by atoms with E-state index in [1.807, 2.05) is 0 Å². The van der Waals surface area contributed by atoms with Gasteiger partial charge in [-0.05, 0) is 49.9 Å². The van der Waals surface area contributed by atoms with Crippen molar-refractivity contribution in [2.75, 3.05) is 0 Å². The van der Waals surface area contributed by atoms with Gasteiger partial charge >= 0.3 is 0 Å². The van der Waals surface area contributed by atoms with Gasteiger partial charge in [0.15, 0.2) is 0 Å². The van der Waals surface area contributed by atoms with Crippen LogP contribution in [0.3, 0.4) is 0 Å². The van der Waals surface area contributed by atoms with Gasteiger partial charge in [-0.2, -0.15) is 0 Å². The number of hydrogen-bond donors (Lipinski definition) is 2. The lowest BCUT2D eigenvalue weighted by molar-refractivity contribution is -0.220. The third kappa shape index (κ3) is 2.04. The molecule has 0 aromatic heterocycles. The number of aliphatic hydroxyl groups is 2. The van der Waals surface area contributed by atoms with Crippen molar-refractivity contribution >= 4 is 0 Å². The molecule has 2 heteroatoms. The molecule has 0 saturated heterocycles. The van der Waals surface area contributed by atoms with E-state index in [9.17, 15) is 10.2 Å². The van der Waals surface area contributed by atoms with E-state index in [0.29, 0.717) is 18.3 Å². The number of rotatable bonds is 4. The molecule has 2 nitrogen and oxygen atoms in total. The minimum absolute atomic E-state index is 0.512. The summed E-state index contributed by atoms with van der Waals surface area (Å²) in [5.41, 5.74) is -1.02. The van der Waals surface area contributed by atoms with Gasteiger partial charge in [0.2, 0.25) is 0 Å². The Morgan fingerprint density at radius 1 is 0.941 bits per heavy atom. The Hall–Kier alpha value is -0.0800. The zero-order valence-electron chi connectivity index (χ0n) is 11.0. The normalized spacial score (nSPS) is 52.1. The summed E-state index contributed by atoms with van der Waals surface area (Å²) in [7, 11) is 0. The molecular weight excluding hydrogens is 212 g/mol. The van der Waals surface area contributed by atoms with Crippen LogP contribution in [-0.4, -0.2) is 21.4 Å². The molecule has 0 aromatic carbocycles. The van der Waals surface area contributed by atoms with Crippen LogP contribution in [0.15, 0.2) is 0 Å². The predicted molar refractivity (Wildman–Crippen MR) is 67.6 cm³/mol. The van der Waals surface area contributed by atoms with Gasteiger partial charge in [0.25, 0.3) is 0 Å². The third-order valence-corrected chi connectivity index (χ3v) is 5.58. The lowest BCUT2D eigenvalue weighted by Gasteiger charge is -2.61. The number of hydrogen-bond acceptors (Lipinski definition) is 2. The molecular formula is C15H26O2. The Kier molecular flexibility index (Phi) is 2.79. The predicted octanol–water partition coefficient (Wildman–Crippen LogP) is 2.87. The van der Waals surface area contributed by atoms with Gasteiger partial charge in [-0.1, -0.05) is 26.2 Å². The maximum Gasteiger partial charge on any atom is 0.0680 e. The van der Waals surface area contributed by atoms with Crippen molar-refractivity contribution in [2.45, 2.75) is 75.9 Å². The number of unbranched alkanes of at least 4 members (excludes halogenated alkanes) is 2. The van der Waals surface area contributed by atoms with Gasteiger partial charge in [0, 0.05) is 6.42 Å². The summed E-state index contributed by atoms with van der Waals surface area (Å²) in [5.74, 6) is 1.99. The topological polar surface area (TPSA) is 40.5 Å². The Morgan fingerprint density at radius 2 is 1.47 bits per heavy atom. The van der Waals surface area contributed by atoms with Gasteiger partial charge in [0.05, 0.1) is 11.2 Å². The molecule has 2 N–H and O–H groups in total. The van der Waals surface area contributed by atoms with Crippen LogP contribution in [0.25, 0.3) is 0 Å². The summed E-state index contributed by atoms with van der Waals surface area (Å²) < 4.78 is 0. The SMILES string of the molecule is CCCCCC1C2CC3(O)CC1CC(O)(C2)C3. The maximum atomic E-state index is 10.5. The summed E-state index contributed by atoms with van der Waals surface area (Å²) in [4.78, 5) is 0. The lowest BCUT2D eigenvalue weighted by Crippen LogP contribution is -2.62. The van der Waals surface area contributed by atoms with E-state index in [-0.39, 0.29) is 0 Å². The molecule has 4 aliphatic carbocycles. The van der Waals surface area contributed by atoms with Crippen molar-refractivity contribution in [1.82, 2.24) is 0 Å². The van der Waals surface area contributed by atoms with Crippen molar-refractivity contribution in [3.05, 3.63) is 0 Å². The molecule has 0 aliphatic heterocycles. The molecule has 0 radical (unpaired) electrons. The minimum atomic E-state index is -0.512. The van der Waals surface area contributed by atoms with Crippen LogP contribution in [0, 0.1) is 17.8 Å². The molecule has 98 valence electrons. The van der Waals surface area contributed by atoms with Gasteiger partial charge in [-0.15, -0.1) is 0 Å². The molecule has 0 unspecified atom stereocenters. The van der Waals surface area contributed by atoms with Crippen LogP contribution in [0.1, 0.15) is 64.7 Å². The Labute approximate surface area is 104 Å². The second-order valence-corrected chi connectivity index (χ2v) is 7.12. The second-order valence-electron chi connectivity index (χ2n) is 7.12. The fourth-order valence-corrected chi connectivity index (χ4v) is 5.26. The van der Waals surface area contributed by atoms with Crippen molar-refractivity contribution < 1.29 is 10.2 Å². The lowest BCUT2D eigenvalue weighted by atomic mass is 9.48. The fraction of sp³-hybridized carbons (Fsp3) is 1.00. The van der Waals surface area contributed by atoms with Crippen LogP contribution in [0.4, 0.5) is 0 Å².